The molecule has 1 atom stereocenters. The van der Waals surface area contributed by atoms with Crippen molar-refractivity contribution in [1.82, 2.24) is 9.80 Å². The molecule has 1 saturated heterocycles. The Morgan fingerprint density at radius 1 is 1.05 bits per heavy atom. The first-order valence-electron chi connectivity index (χ1n) is 12.9. The molecule has 1 unspecified atom stereocenters. The molecule has 41 heavy (non-hydrogen) atoms. The smallest absolute Gasteiger partial charge is 0.430 e. The van der Waals surface area contributed by atoms with E-state index >= 15 is 0 Å². The Kier molecular flexibility index (Phi) is 10.1. The first-order chi connectivity index (χ1) is 19.1. The number of carbonyl (C=O) groups is 2. The molecule has 0 radical (unpaired) electrons. The number of ether oxygens (including phenoxy) is 2. The first-order valence-corrected chi connectivity index (χ1v) is 13.2. The van der Waals surface area contributed by atoms with Gasteiger partial charge in [0.2, 0.25) is 0 Å². The van der Waals surface area contributed by atoms with E-state index < -0.39 is 41.5 Å². The van der Waals surface area contributed by atoms with Gasteiger partial charge in [0, 0.05) is 45.1 Å². The maximum absolute atomic E-state index is 15.0. The Hall–Kier alpha value is -3.12. The summed E-state index contributed by atoms with van der Waals surface area (Å²) in [5.41, 5.74) is -4.30. The van der Waals surface area contributed by atoms with Crippen LogP contribution in [-0.4, -0.2) is 79.7 Å². The van der Waals surface area contributed by atoms with Crippen LogP contribution in [0.15, 0.2) is 42.5 Å². The highest BCUT2D eigenvalue weighted by Crippen LogP contribution is 2.43. The van der Waals surface area contributed by atoms with E-state index in [1.165, 1.54) is 42.3 Å². The third-order valence-electron chi connectivity index (χ3n) is 7.09. The molecule has 1 N–H and O–H groups in total. The van der Waals surface area contributed by atoms with Gasteiger partial charge in [0.15, 0.2) is 0 Å². The van der Waals surface area contributed by atoms with E-state index in [2.05, 4.69) is 0 Å². The van der Waals surface area contributed by atoms with Crippen molar-refractivity contribution in [1.29, 1.82) is 0 Å². The lowest BCUT2D eigenvalue weighted by molar-refractivity contribution is -0.262. The lowest BCUT2D eigenvalue weighted by Crippen LogP contribution is -2.57. The molecule has 226 valence electrons. The number of halogens is 6. The van der Waals surface area contributed by atoms with Crippen molar-refractivity contribution in [2.24, 2.45) is 5.92 Å². The quantitative estimate of drug-likeness (QED) is 0.284. The van der Waals surface area contributed by atoms with Gasteiger partial charge in [0.25, 0.3) is 23.3 Å². The average Bonchev–Trinajstić information content (AvgIpc) is 2.93. The topological polar surface area (TPSA) is 79.3 Å². The van der Waals surface area contributed by atoms with Crippen LogP contribution in [-0.2, 0) is 10.4 Å². The largest absolute Gasteiger partial charge is 0.497 e. The standard InChI is InChI=1S/C28H32ClF5N2O5/c1-35(2)24(37)22-9-8-21(17-23(22)29)41-15-5-12-26(30,31)18-10-13-36(14-11-18)25(38)27(39,28(32,33)34)19-6-4-7-20(16-19)40-3/h4,6-9,16-18,39H,5,10-15H2,1-3H3. The second-order valence-corrected chi connectivity index (χ2v) is 10.5. The molecule has 1 aliphatic rings. The molecule has 0 aliphatic carbocycles. The van der Waals surface area contributed by atoms with Gasteiger partial charge in [-0.1, -0.05) is 23.7 Å². The summed E-state index contributed by atoms with van der Waals surface area (Å²) in [6, 6.07) is 8.88. The van der Waals surface area contributed by atoms with Gasteiger partial charge in [-0.15, -0.1) is 0 Å². The Morgan fingerprint density at radius 3 is 2.27 bits per heavy atom. The van der Waals surface area contributed by atoms with Crippen molar-refractivity contribution in [3.8, 4) is 11.5 Å². The number of benzene rings is 2. The fourth-order valence-electron chi connectivity index (χ4n) is 4.69. The number of amides is 2. The van der Waals surface area contributed by atoms with E-state index in [1.54, 1.807) is 14.1 Å². The lowest BCUT2D eigenvalue weighted by atomic mass is 9.86. The third-order valence-corrected chi connectivity index (χ3v) is 7.40. The zero-order valence-corrected chi connectivity index (χ0v) is 23.6. The van der Waals surface area contributed by atoms with Crippen molar-refractivity contribution < 1.29 is 46.1 Å². The molecule has 0 aromatic heterocycles. The molecule has 0 spiro atoms. The highest BCUT2D eigenvalue weighted by Gasteiger charge is 2.62. The number of nitrogens with zero attached hydrogens (tertiary/aromatic N) is 2. The van der Waals surface area contributed by atoms with E-state index in [0.29, 0.717) is 5.75 Å². The number of methoxy groups -OCH3 is 1. The zero-order chi connectivity index (χ0) is 30.6. The van der Waals surface area contributed by atoms with Crippen molar-refractivity contribution in [3.63, 3.8) is 0 Å². The van der Waals surface area contributed by atoms with Gasteiger partial charge in [-0.2, -0.15) is 13.2 Å². The minimum atomic E-state index is -5.36. The first kappa shape index (κ1) is 32.4. The van der Waals surface area contributed by atoms with E-state index in [-0.39, 0.29) is 61.2 Å². The van der Waals surface area contributed by atoms with Gasteiger partial charge in [-0.25, -0.2) is 8.78 Å². The predicted octanol–water partition coefficient (Wildman–Crippen LogP) is 5.53. The maximum atomic E-state index is 15.0. The highest BCUT2D eigenvalue weighted by molar-refractivity contribution is 6.34. The van der Waals surface area contributed by atoms with Gasteiger partial charge in [0.1, 0.15) is 11.5 Å². The molecule has 2 aromatic carbocycles. The molecule has 1 aliphatic heterocycles. The Labute approximate surface area is 239 Å². The van der Waals surface area contributed by atoms with Crippen LogP contribution in [0.1, 0.15) is 41.6 Å². The van der Waals surface area contributed by atoms with Gasteiger partial charge in [-0.05, 0) is 49.6 Å². The van der Waals surface area contributed by atoms with Crippen LogP contribution >= 0.6 is 11.6 Å². The highest BCUT2D eigenvalue weighted by atomic mass is 35.5. The minimum absolute atomic E-state index is 0.0137. The monoisotopic (exact) mass is 606 g/mol. The molecular formula is C28H32ClF5N2O5. The van der Waals surface area contributed by atoms with E-state index in [1.807, 2.05) is 0 Å². The fraction of sp³-hybridized carbons (Fsp3) is 0.500. The van der Waals surface area contributed by atoms with Crippen LogP contribution in [0.25, 0.3) is 0 Å². The van der Waals surface area contributed by atoms with Crippen molar-refractivity contribution >= 4 is 23.4 Å². The molecule has 1 heterocycles. The van der Waals surface area contributed by atoms with Crippen LogP contribution in [0.4, 0.5) is 22.0 Å². The van der Waals surface area contributed by atoms with Gasteiger partial charge in [0.05, 0.1) is 24.3 Å². The number of hydrogen-bond donors (Lipinski definition) is 1. The summed E-state index contributed by atoms with van der Waals surface area (Å²) in [6.07, 6.45) is -6.38. The number of likely N-dealkylation sites (tertiary alicyclic amines) is 1. The number of carbonyl (C=O) groups excluding carboxylic acids is 2. The molecule has 2 amide bonds. The molecular weight excluding hydrogens is 575 g/mol. The summed E-state index contributed by atoms with van der Waals surface area (Å²) < 4.78 is 82.3. The number of alkyl halides is 5. The van der Waals surface area contributed by atoms with Crippen molar-refractivity contribution in [2.75, 3.05) is 40.9 Å². The van der Waals surface area contributed by atoms with E-state index in [4.69, 9.17) is 21.1 Å². The average molecular weight is 607 g/mol. The van der Waals surface area contributed by atoms with Crippen LogP contribution in [0.5, 0.6) is 11.5 Å². The maximum Gasteiger partial charge on any atom is 0.430 e. The summed E-state index contributed by atoms with van der Waals surface area (Å²) in [4.78, 5) is 27.2. The van der Waals surface area contributed by atoms with E-state index in [0.717, 1.165) is 17.0 Å². The number of hydrogen-bond acceptors (Lipinski definition) is 5. The molecule has 13 heteroatoms. The Bertz CT molecular complexity index is 1230. The predicted molar refractivity (Wildman–Crippen MR) is 141 cm³/mol. The fourth-order valence-corrected chi connectivity index (χ4v) is 4.94. The van der Waals surface area contributed by atoms with Crippen LogP contribution in [0.2, 0.25) is 5.02 Å². The SMILES string of the molecule is COc1cccc(C(O)(C(=O)N2CCC(C(F)(F)CCCOc3ccc(C(=O)N(C)C)c(Cl)c3)CC2)C(F)(F)F)c1. The van der Waals surface area contributed by atoms with Gasteiger partial charge < -0.3 is 24.4 Å². The van der Waals surface area contributed by atoms with Gasteiger partial charge in [-0.3, -0.25) is 9.59 Å². The Morgan fingerprint density at radius 2 is 1.71 bits per heavy atom. The molecule has 3 rings (SSSR count). The van der Waals surface area contributed by atoms with Crippen LogP contribution < -0.4 is 9.47 Å². The number of piperidine rings is 1. The lowest BCUT2D eigenvalue weighted by Gasteiger charge is -2.40. The summed E-state index contributed by atoms with van der Waals surface area (Å²) in [6.45, 7) is -0.785. The second kappa shape index (κ2) is 12.8. The molecule has 0 saturated carbocycles. The molecule has 0 bridgehead atoms. The van der Waals surface area contributed by atoms with Crippen molar-refractivity contribution in [2.45, 2.75) is 43.4 Å². The number of aliphatic hydroxyl groups is 1. The molecule has 2 aromatic rings. The van der Waals surface area contributed by atoms with Crippen LogP contribution in [0, 0.1) is 5.92 Å². The number of rotatable bonds is 10. The summed E-state index contributed by atoms with van der Waals surface area (Å²) in [7, 11) is 4.39. The normalized spacial score (nSPS) is 16.2. The van der Waals surface area contributed by atoms with Crippen LogP contribution in [0.3, 0.4) is 0 Å². The second-order valence-electron chi connectivity index (χ2n) is 10.1. The summed E-state index contributed by atoms with van der Waals surface area (Å²) in [5, 5.41) is 10.8. The zero-order valence-electron chi connectivity index (χ0n) is 22.8. The molecule has 1 fully saturated rings. The minimum Gasteiger partial charge on any atom is -0.497 e. The summed E-state index contributed by atoms with van der Waals surface area (Å²) in [5.74, 6) is -5.89. The third kappa shape index (κ3) is 7.21. The van der Waals surface area contributed by atoms with Crippen molar-refractivity contribution in [3.05, 3.63) is 58.6 Å². The van der Waals surface area contributed by atoms with Gasteiger partial charge >= 0.3 is 6.18 Å². The van der Waals surface area contributed by atoms with E-state index in [9.17, 15) is 36.6 Å². The summed E-state index contributed by atoms with van der Waals surface area (Å²) >= 11 is 6.13. The molecule has 7 nitrogen and oxygen atoms in total. The Balaban J connectivity index is 1.56.